The summed E-state index contributed by atoms with van der Waals surface area (Å²) in [6.45, 7) is 0. The van der Waals surface area contributed by atoms with Gasteiger partial charge in [-0.2, -0.15) is 31.6 Å². The fraction of sp³-hybridized carbons (Fsp3) is 0.273. The summed E-state index contributed by atoms with van der Waals surface area (Å²) in [5.41, 5.74) is -1.86. The van der Waals surface area contributed by atoms with Gasteiger partial charge in [0.25, 0.3) is 5.78 Å². The summed E-state index contributed by atoms with van der Waals surface area (Å²) in [4.78, 5) is 10.9. The first kappa shape index (κ1) is 15.0. The Hall–Kier alpha value is -2.04. The first-order valence-corrected chi connectivity index (χ1v) is 4.75. The highest BCUT2D eigenvalue weighted by atomic mass is 19.4. The standard InChI is InChI=1S/C11H5F6NO/c12-10(13,14)7-3-1-2-6(4-7)8(5-18)9(19)11(15,16)17/h1-4,8H. The summed E-state index contributed by atoms with van der Waals surface area (Å²) < 4.78 is 73.7. The Morgan fingerprint density at radius 2 is 1.74 bits per heavy atom. The molecule has 0 amide bonds. The van der Waals surface area contributed by atoms with E-state index in [0.717, 1.165) is 18.2 Å². The first-order chi connectivity index (χ1) is 8.57. The molecule has 1 atom stereocenters. The highest BCUT2D eigenvalue weighted by molar-refractivity contribution is 5.92. The summed E-state index contributed by atoms with van der Waals surface area (Å²) >= 11 is 0. The highest BCUT2D eigenvalue weighted by Gasteiger charge is 2.44. The predicted molar refractivity (Wildman–Crippen MR) is 50.9 cm³/mol. The third-order valence-electron chi connectivity index (χ3n) is 2.22. The third kappa shape index (κ3) is 3.47. The molecule has 0 bridgehead atoms. The van der Waals surface area contributed by atoms with Crippen molar-refractivity contribution < 1.29 is 31.1 Å². The van der Waals surface area contributed by atoms with Crippen molar-refractivity contribution in [2.45, 2.75) is 18.3 Å². The number of nitrogens with zero attached hydrogens (tertiary/aromatic N) is 1. The normalized spacial score (nSPS) is 13.7. The molecular weight excluding hydrogens is 276 g/mol. The van der Waals surface area contributed by atoms with Gasteiger partial charge in [0, 0.05) is 0 Å². The summed E-state index contributed by atoms with van der Waals surface area (Å²) in [6, 6.07) is 3.77. The Morgan fingerprint density at radius 3 is 2.16 bits per heavy atom. The number of benzene rings is 1. The van der Waals surface area contributed by atoms with Gasteiger partial charge >= 0.3 is 12.4 Å². The number of carbonyl (C=O) groups is 1. The molecule has 1 rings (SSSR count). The molecule has 19 heavy (non-hydrogen) atoms. The van der Waals surface area contributed by atoms with Crippen LogP contribution >= 0.6 is 0 Å². The minimum Gasteiger partial charge on any atom is -0.288 e. The van der Waals surface area contributed by atoms with Crippen molar-refractivity contribution in [1.82, 2.24) is 0 Å². The van der Waals surface area contributed by atoms with Crippen LogP contribution in [-0.2, 0) is 11.0 Å². The third-order valence-corrected chi connectivity index (χ3v) is 2.22. The second-order valence-corrected chi connectivity index (χ2v) is 3.55. The van der Waals surface area contributed by atoms with E-state index in [1.54, 1.807) is 0 Å². The summed E-state index contributed by atoms with van der Waals surface area (Å²) in [5, 5.41) is 8.55. The maximum absolute atomic E-state index is 12.4. The van der Waals surface area contributed by atoms with Crippen molar-refractivity contribution in [3.63, 3.8) is 0 Å². The lowest BCUT2D eigenvalue weighted by Gasteiger charge is -2.13. The van der Waals surface area contributed by atoms with Gasteiger partial charge in [0.15, 0.2) is 0 Å². The molecule has 2 nitrogen and oxygen atoms in total. The predicted octanol–water partition coefficient (Wildman–Crippen LogP) is 3.44. The molecule has 0 spiro atoms. The topological polar surface area (TPSA) is 40.9 Å². The van der Waals surface area contributed by atoms with E-state index < -0.39 is 35.2 Å². The van der Waals surface area contributed by atoms with Gasteiger partial charge in [-0.3, -0.25) is 4.79 Å². The van der Waals surface area contributed by atoms with Crippen LogP contribution in [0.1, 0.15) is 17.0 Å². The molecule has 1 aromatic carbocycles. The van der Waals surface area contributed by atoms with Gasteiger partial charge in [0.2, 0.25) is 0 Å². The number of rotatable bonds is 2. The van der Waals surface area contributed by atoms with Crippen molar-refractivity contribution in [2.24, 2.45) is 0 Å². The van der Waals surface area contributed by atoms with Gasteiger partial charge in [-0.1, -0.05) is 18.2 Å². The number of alkyl halides is 6. The van der Waals surface area contributed by atoms with Crippen LogP contribution in [0.15, 0.2) is 24.3 Å². The van der Waals surface area contributed by atoms with Gasteiger partial charge in [-0.15, -0.1) is 0 Å². The van der Waals surface area contributed by atoms with Crippen LogP contribution in [0.5, 0.6) is 0 Å². The summed E-state index contributed by atoms with van der Waals surface area (Å²) in [7, 11) is 0. The van der Waals surface area contributed by atoms with Gasteiger partial charge in [0.1, 0.15) is 5.92 Å². The molecule has 0 heterocycles. The molecule has 8 heteroatoms. The van der Waals surface area contributed by atoms with Gasteiger partial charge in [0.05, 0.1) is 11.6 Å². The minimum absolute atomic E-state index is 0.359. The first-order valence-electron chi connectivity index (χ1n) is 4.75. The van der Waals surface area contributed by atoms with Crippen LogP contribution in [0.4, 0.5) is 26.3 Å². The van der Waals surface area contributed by atoms with E-state index in [1.165, 1.54) is 0 Å². The Labute approximate surface area is 103 Å². The molecule has 0 aliphatic carbocycles. The molecule has 0 saturated carbocycles. The Kier molecular flexibility index (Phi) is 3.88. The van der Waals surface area contributed by atoms with Crippen LogP contribution < -0.4 is 0 Å². The SMILES string of the molecule is N#CC(C(=O)C(F)(F)F)c1cccc(C(F)(F)F)c1. The van der Waals surface area contributed by atoms with Crippen LogP contribution in [-0.4, -0.2) is 12.0 Å². The number of nitriles is 1. The molecule has 0 aliphatic heterocycles. The zero-order valence-corrected chi connectivity index (χ0v) is 9.01. The molecule has 102 valence electrons. The quantitative estimate of drug-likeness (QED) is 0.779. The fourth-order valence-corrected chi connectivity index (χ4v) is 1.34. The molecule has 1 unspecified atom stereocenters. The average molecular weight is 281 g/mol. The largest absolute Gasteiger partial charge is 0.451 e. The molecule has 0 N–H and O–H groups in total. The Balaban J connectivity index is 3.22. The summed E-state index contributed by atoms with van der Waals surface area (Å²) in [6.07, 6.45) is -10.0. The summed E-state index contributed by atoms with van der Waals surface area (Å²) in [5.74, 6) is -4.70. The Morgan fingerprint density at radius 1 is 1.16 bits per heavy atom. The van der Waals surface area contributed by atoms with E-state index >= 15 is 0 Å². The number of ketones is 1. The van der Waals surface area contributed by atoms with E-state index in [2.05, 4.69) is 0 Å². The van der Waals surface area contributed by atoms with Crippen LogP contribution in [0.25, 0.3) is 0 Å². The van der Waals surface area contributed by atoms with Gasteiger partial charge < -0.3 is 0 Å². The molecule has 0 radical (unpaired) electrons. The number of carbonyl (C=O) groups excluding carboxylic acids is 1. The number of Topliss-reactive ketones (excluding diaryl/α,β-unsaturated/α-hetero) is 1. The zero-order valence-electron chi connectivity index (χ0n) is 9.01. The van der Waals surface area contributed by atoms with Gasteiger partial charge in [-0.05, 0) is 11.6 Å². The zero-order chi connectivity index (χ0) is 14.8. The molecule has 0 aliphatic rings. The van der Waals surface area contributed by atoms with Crippen molar-refractivity contribution in [2.75, 3.05) is 0 Å². The number of halogens is 6. The molecule has 0 saturated heterocycles. The lowest BCUT2D eigenvalue weighted by Crippen LogP contribution is -2.28. The second-order valence-electron chi connectivity index (χ2n) is 3.55. The molecule has 0 fully saturated rings. The number of hydrogen-bond acceptors (Lipinski definition) is 2. The van der Waals surface area contributed by atoms with E-state index in [9.17, 15) is 31.1 Å². The van der Waals surface area contributed by atoms with Crippen LogP contribution in [0, 0.1) is 11.3 Å². The van der Waals surface area contributed by atoms with E-state index in [-0.39, 0.29) is 0 Å². The van der Waals surface area contributed by atoms with E-state index in [0.29, 0.717) is 12.1 Å². The molecular formula is C11H5F6NO. The highest BCUT2D eigenvalue weighted by Crippen LogP contribution is 2.33. The van der Waals surface area contributed by atoms with Gasteiger partial charge in [-0.25, -0.2) is 0 Å². The lowest BCUT2D eigenvalue weighted by atomic mass is 9.94. The fourth-order valence-electron chi connectivity index (χ4n) is 1.34. The van der Waals surface area contributed by atoms with Crippen LogP contribution in [0.2, 0.25) is 0 Å². The van der Waals surface area contributed by atoms with Crippen molar-refractivity contribution in [3.8, 4) is 6.07 Å². The van der Waals surface area contributed by atoms with E-state index in [4.69, 9.17) is 5.26 Å². The monoisotopic (exact) mass is 281 g/mol. The Bertz CT molecular complexity index is 525. The maximum Gasteiger partial charge on any atom is 0.451 e. The smallest absolute Gasteiger partial charge is 0.288 e. The lowest BCUT2D eigenvalue weighted by molar-refractivity contribution is -0.171. The van der Waals surface area contributed by atoms with Crippen LogP contribution in [0.3, 0.4) is 0 Å². The van der Waals surface area contributed by atoms with Crippen molar-refractivity contribution in [1.29, 1.82) is 5.26 Å². The maximum atomic E-state index is 12.4. The number of hydrogen-bond donors (Lipinski definition) is 0. The molecule has 0 aromatic heterocycles. The molecule has 1 aromatic rings. The van der Waals surface area contributed by atoms with E-state index in [1.807, 2.05) is 0 Å². The minimum atomic E-state index is -5.28. The van der Waals surface area contributed by atoms with Crippen molar-refractivity contribution >= 4 is 5.78 Å². The van der Waals surface area contributed by atoms with Crippen molar-refractivity contribution in [3.05, 3.63) is 35.4 Å². The average Bonchev–Trinajstić information content (AvgIpc) is 2.28. The second kappa shape index (κ2) is 4.91.